The topological polar surface area (TPSA) is 75.1 Å². The van der Waals surface area contributed by atoms with Gasteiger partial charge in [-0.3, -0.25) is 15.0 Å². The number of rotatable bonds is 4. The number of nitrogens with zero attached hydrogens (tertiary/aromatic N) is 3. The summed E-state index contributed by atoms with van der Waals surface area (Å²) in [6, 6.07) is 18.8. The molecule has 24 heavy (non-hydrogen) atoms. The lowest BCUT2D eigenvalue weighted by Crippen LogP contribution is -2.15. The Morgan fingerprint density at radius 2 is 1.54 bits per heavy atom. The van der Waals surface area contributed by atoms with Gasteiger partial charge in [0.1, 0.15) is 5.82 Å². The van der Waals surface area contributed by atoms with E-state index in [1.54, 1.807) is 11.8 Å². The van der Waals surface area contributed by atoms with Gasteiger partial charge < -0.3 is 4.98 Å². The highest BCUT2D eigenvalue weighted by Crippen LogP contribution is 2.38. The van der Waals surface area contributed by atoms with Crippen LogP contribution >= 0.6 is 12.2 Å². The Labute approximate surface area is 143 Å². The van der Waals surface area contributed by atoms with E-state index in [4.69, 9.17) is 12.2 Å². The van der Waals surface area contributed by atoms with Crippen LogP contribution in [-0.2, 0) is 0 Å². The standard InChI is InChI=1S/C17H14N4O2S/c1-12-18-16(15(21(22)23)17(24)19-12)20(13-8-4-2-5-9-13)14-10-6-3-7-11-14/h2-11H,1H3,(H,18,19,24). The van der Waals surface area contributed by atoms with Crippen molar-refractivity contribution in [3.05, 3.63) is 81.2 Å². The van der Waals surface area contributed by atoms with Gasteiger partial charge in [-0.2, -0.15) is 0 Å². The van der Waals surface area contributed by atoms with E-state index in [9.17, 15) is 10.1 Å². The molecule has 1 N–H and O–H groups in total. The van der Waals surface area contributed by atoms with Crippen molar-refractivity contribution in [3.8, 4) is 0 Å². The van der Waals surface area contributed by atoms with E-state index in [0.29, 0.717) is 5.82 Å². The van der Waals surface area contributed by atoms with Crippen molar-refractivity contribution >= 4 is 35.1 Å². The predicted octanol–water partition coefficient (Wildman–Crippen LogP) is 4.83. The van der Waals surface area contributed by atoms with E-state index < -0.39 is 4.92 Å². The van der Waals surface area contributed by atoms with E-state index in [1.807, 2.05) is 60.7 Å². The van der Waals surface area contributed by atoms with E-state index in [-0.39, 0.29) is 16.1 Å². The first-order valence-corrected chi connectivity index (χ1v) is 7.64. The highest BCUT2D eigenvalue weighted by atomic mass is 32.1. The number of benzene rings is 2. The minimum atomic E-state index is -0.501. The smallest absolute Gasteiger partial charge is 0.324 e. The Hall–Kier alpha value is -3.06. The molecule has 7 heteroatoms. The lowest BCUT2D eigenvalue weighted by Gasteiger charge is -2.24. The number of anilines is 3. The molecule has 0 atom stereocenters. The summed E-state index contributed by atoms with van der Waals surface area (Å²) in [5, 5.41) is 11.6. The minimum Gasteiger partial charge on any atom is -0.324 e. The van der Waals surface area contributed by atoms with Gasteiger partial charge in [-0.15, -0.1) is 0 Å². The van der Waals surface area contributed by atoms with Gasteiger partial charge >= 0.3 is 5.69 Å². The van der Waals surface area contributed by atoms with Crippen LogP contribution in [0.5, 0.6) is 0 Å². The summed E-state index contributed by atoms with van der Waals surface area (Å²) >= 11 is 5.12. The third-order valence-corrected chi connectivity index (χ3v) is 3.72. The van der Waals surface area contributed by atoms with Gasteiger partial charge in [0.25, 0.3) is 0 Å². The number of hydrogen-bond donors (Lipinski definition) is 1. The van der Waals surface area contributed by atoms with Gasteiger partial charge in [0, 0.05) is 11.4 Å². The quantitative estimate of drug-likeness (QED) is 0.419. The Kier molecular flexibility index (Phi) is 4.35. The minimum absolute atomic E-state index is 0.0388. The number of nitrogens with one attached hydrogen (secondary N) is 1. The average molecular weight is 338 g/mol. The molecule has 3 aromatic rings. The maximum Gasteiger partial charge on any atom is 0.346 e. The highest BCUT2D eigenvalue weighted by Gasteiger charge is 2.26. The van der Waals surface area contributed by atoms with Crippen molar-refractivity contribution in [2.24, 2.45) is 0 Å². The first-order valence-electron chi connectivity index (χ1n) is 7.23. The molecule has 0 aliphatic carbocycles. The highest BCUT2D eigenvalue weighted by molar-refractivity contribution is 7.71. The number of hydrogen-bond acceptors (Lipinski definition) is 5. The molecule has 1 heterocycles. The van der Waals surface area contributed by atoms with E-state index in [2.05, 4.69) is 9.97 Å². The van der Waals surface area contributed by atoms with Gasteiger partial charge in [0.05, 0.1) is 4.92 Å². The van der Waals surface area contributed by atoms with Gasteiger partial charge in [-0.1, -0.05) is 48.6 Å². The van der Waals surface area contributed by atoms with Crippen LogP contribution in [0.4, 0.5) is 22.9 Å². The molecule has 6 nitrogen and oxygen atoms in total. The SMILES string of the molecule is Cc1nc(=S)c([N+](=O)[O-])c(N(c2ccccc2)c2ccccc2)[nH]1. The molecular weight excluding hydrogens is 324 g/mol. The Morgan fingerprint density at radius 1 is 1.04 bits per heavy atom. The summed E-state index contributed by atoms with van der Waals surface area (Å²) in [6.07, 6.45) is 0. The summed E-state index contributed by atoms with van der Waals surface area (Å²) in [6.45, 7) is 1.72. The summed E-state index contributed by atoms with van der Waals surface area (Å²) in [5.41, 5.74) is 1.34. The van der Waals surface area contributed by atoms with Crippen LogP contribution in [0.15, 0.2) is 60.7 Å². The zero-order valence-electron chi connectivity index (χ0n) is 12.8. The molecule has 0 radical (unpaired) electrons. The van der Waals surface area contributed by atoms with Gasteiger partial charge in [-0.05, 0) is 31.2 Å². The van der Waals surface area contributed by atoms with Crippen molar-refractivity contribution < 1.29 is 4.92 Å². The number of aryl methyl sites for hydroxylation is 1. The molecule has 0 saturated heterocycles. The monoisotopic (exact) mass is 338 g/mol. The molecule has 120 valence electrons. The van der Waals surface area contributed by atoms with Crippen LogP contribution in [0.3, 0.4) is 0 Å². The van der Waals surface area contributed by atoms with E-state index in [0.717, 1.165) is 11.4 Å². The van der Waals surface area contributed by atoms with Crippen molar-refractivity contribution in [1.29, 1.82) is 0 Å². The molecule has 0 amide bonds. The fraction of sp³-hybridized carbons (Fsp3) is 0.0588. The second kappa shape index (κ2) is 6.59. The lowest BCUT2D eigenvalue weighted by atomic mass is 10.2. The Morgan fingerprint density at radius 3 is 2.00 bits per heavy atom. The lowest BCUT2D eigenvalue weighted by molar-refractivity contribution is -0.385. The Balaban J connectivity index is 2.32. The first-order chi connectivity index (χ1) is 11.6. The molecule has 1 aromatic heterocycles. The number of para-hydroxylation sites is 2. The van der Waals surface area contributed by atoms with Crippen LogP contribution < -0.4 is 4.90 Å². The normalized spacial score (nSPS) is 10.4. The summed E-state index contributed by atoms with van der Waals surface area (Å²) in [5.74, 6) is 0.798. The molecule has 3 rings (SSSR count). The zero-order chi connectivity index (χ0) is 17.1. The molecule has 0 fully saturated rings. The van der Waals surface area contributed by atoms with Gasteiger partial charge in [-0.25, -0.2) is 4.98 Å². The van der Waals surface area contributed by atoms with Gasteiger partial charge in [0.15, 0.2) is 5.82 Å². The molecule has 0 aliphatic heterocycles. The van der Waals surface area contributed by atoms with Crippen LogP contribution in [0.25, 0.3) is 0 Å². The zero-order valence-corrected chi connectivity index (χ0v) is 13.7. The molecule has 0 aliphatic rings. The first kappa shape index (κ1) is 15.8. The third kappa shape index (κ3) is 3.02. The fourth-order valence-corrected chi connectivity index (χ4v) is 2.76. The second-order valence-electron chi connectivity index (χ2n) is 5.09. The molecule has 0 unspecified atom stereocenters. The van der Waals surface area contributed by atoms with E-state index >= 15 is 0 Å². The molecule has 0 saturated carbocycles. The summed E-state index contributed by atoms with van der Waals surface area (Å²) in [7, 11) is 0. The molecule has 0 bridgehead atoms. The Bertz CT molecular complexity index is 887. The molecule has 0 spiro atoms. The number of H-pyrrole nitrogens is 1. The summed E-state index contributed by atoms with van der Waals surface area (Å²) < 4.78 is -0.0388. The number of aromatic amines is 1. The van der Waals surface area contributed by atoms with Crippen molar-refractivity contribution in [2.45, 2.75) is 6.92 Å². The van der Waals surface area contributed by atoms with Crippen LogP contribution in [-0.4, -0.2) is 14.9 Å². The maximum absolute atomic E-state index is 11.6. The largest absolute Gasteiger partial charge is 0.346 e. The van der Waals surface area contributed by atoms with Crippen molar-refractivity contribution in [3.63, 3.8) is 0 Å². The van der Waals surface area contributed by atoms with Crippen LogP contribution in [0, 0.1) is 21.7 Å². The predicted molar refractivity (Wildman–Crippen MR) is 95.5 cm³/mol. The summed E-state index contributed by atoms with van der Waals surface area (Å²) in [4.78, 5) is 19.9. The van der Waals surface area contributed by atoms with Crippen molar-refractivity contribution in [2.75, 3.05) is 4.90 Å². The van der Waals surface area contributed by atoms with E-state index in [1.165, 1.54) is 0 Å². The second-order valence-corrected chi connectivity index (χ2v) is 5.47. The number of aromatic nitrogens is 2. The van der Waals surface area contributed by atoms with Crippen LogP contribution in [0.2, 0.25) is 0 Å². The third-order valence-electron chi connectivity index (χ3n) is 3.43. The molecule has 2 aromatic carbocycles. The maximum atomic E-state index is 11.6. The fourth-order valence-electron chi connectivity index (χ4n) is 2.45. The van der Waals surface area contributed by atoms with Gasteiger partial charge in [0.2, 0.25) is 4.64 Å². The average Bonchev–Trinajstić information content (AvgIpc) is 2.56. The van der Waals surface area contributed by atoms with Crippen molar-refractivity contribution in [1.82, 2.24) is 9.97 Å². The molecular formula is C17H14N4O2S. The van der Waals surface area contributed by atoms with Crippen LogP contribution in [0.1, 0.15) is 5.82 Å². The number of nitro groups is 1.